The number of phenols is 1. The molecule has 0 atom stereocenters. The third-order valence-electron chi connectivity index (χ3n) is 2.41. The molecule has 17 heavy (non-hydrogen) atoms. The molecule has 0 aromatic heterocycles. The Kier molecular flexibility index (Phi) is 2.79. The molecule has 1 N–H and O–H groups in total. The average Bonchev–Trinajstić information content (AvgIpc) is 2.29. The molecule has 0 saturated carbocycles. The highest BCUT2D eigenvalue weighted by Crippen LogP contribution is 2.37. The van der Waals surface area contributed by atoms with Crippen LogP contribution < -0.4 is 0 Å². The van der Waals surface area contributed by atoms with E-state index < -0.39 is 11.7 Å². The number of phenolic OH excluding ortho intramolecular Hbond substituents is 1. The third-order valence-corrected chi connectivity index (χ3v) is 2.41. The first-order valence-corrected chi connectivity index (χ1v) is 4.94. The summed E-state index contributed by atoms with van der Waals surface area (Å²) in [5.74, 6) is 0.0261. The van der Waals surface area contributed by atoms with Crippen LogP contribution in [-0.2, 0) is 6.18 Å². The fraction of sp³-hybridized carbons (Fsp3) is 0.0769. The van der Waals surface area contributed by atoms with Crippen LogP contribution in [0.15, 0.2) is 48.5 Å². The molecule has 1 nitrogen and oxygen atoms in total. The normalized spacial score (nSPS) is 11.5. The Morgan fingerprint density at radius 3 is 2.00 bits per heavy atom. The number of hydrogen-bond acceptors (Lipinski definition) is 1. The molecule has 0 spiro atoms. The maximum atomic E-state index is 12.8. The standard InChI is InChI=1S/C13H9F3O/c14-13(15,16)12-4-2-1-3-11(12)9-5-7-10(17)8-6-9/h1-8,17H. The molecule has 88 valence electrons. The fourth-order valence-corrected chi connectivity index (χ4v) is 1.62. The van der Waals surface area contributed by atoms with Crippen LogP contribution in [0.4, 0.5) is 13.2 Å². The van der Waals surface area contributed by atoms with E-state index in [9.17, 15) is 13.2 Å². The van der Waals surface area contributed by atoms with Gasteiger partial charge in [-0.1, -0.05) is 30.3 Å². The van der Waals surface area contributed by atoms with Crippen LogP contribution in [0.3, 0.4) is 0 Å². The Morgan fingerprint density at radius 1 is 0.824 bits per heavy atom. The summed E-state index contributed by atoms with van der Waals surface area (Å²) in [7, 11) is 0. The number of aromatic hydroxyl groups is 1. The summed E-state index contributed by atoms with van der Waals surface area (Å²) in [6.07, 6.45) is -4.38. The topological polar surface area (TPSA) is 20.2 Å². The molecule has 2 rings (SSSR count). The van der Waals surface area contributed by atoms with E-state index in [2.05, 4.69) is 0 Å². The van der Waals surface area contributed by atoms with Crippen molar-refractivity contribution in [3.63, 3.8) is 0 Å². The zero-order chi connectivity index (χ0) is 12.5. The van der Waals surface area contributed by atoms with Gasteiger partial charge in [-0.3, -0.25) is 0 Å². The molecule has 0 radical (unpaired) electrons. The van der Waals surface area contributed by atoms with E-state index in [0.29, 0.717) is 5.56 Å². The van der Waals surface area contributed by atoms with Crippen LogP contribution in [0, 0.1) is 0 Å². The van der Waals surface area contributed by atoms with Crippen molar-refractivity contribution in [1.29, 1.82) is 0 Å². The SMILES string of the molecule is Oc1ccc(-c2ccccc2C(F)(F)F)cc1. The van der Waals surface area contributed by atoms with E-state index in [-0.39, 0.29) is 11.3 Å². The Morgan fingerprint density at radius 2 is 1.41 bits per heavy atom. The lowest BCUT2D eigenvalue weighted by Gasteiger charge is -2.12. The van der Waals surface area contributed by atoms with Gasteiger partial charge in [-0.25, -0.2) is 0 Å². The van der Waals surface area contributed by atoms with Gasteiger partial charge in [-0.2, -0.15) is 13.2 Å². The van der Waals surface area contributed by atoms with Crippen LogP contribution >= 0.6 is 0 Å². The maximum absolute atomic E-state index is 12.8. The molecule has 2 aromatic rings. The van der Waals surface area contributed by atoms with Crippen molar-refractivity contribution < 1.29 is 18.3 Å². The third kappa shape index (κ3) is 2.41. The second-order valence-electron chi connectivity index (χ2n) is 3.59. The van der Waals surface area contributed by atoms with Gasteiger partial charge in [-0.05, 0) is 29.3 Å². The van der Waals surface area contributed by atoms with E-state index in [1.54, 1.807) is 6.07 Å². The van der Waals surface area contributed by atoms with Crippen molar-refractivity contribution in [2.75, 3.05) is 0 Å². The molecule has 0 unspecified atom stereocenters. The highest BCUT2D eigenvalue weighted by atomic mass is 19.4. The first-order valence-electron chi connectivity index (χ1n) is 4.94. The van der Waals surface area contributed by atoms with Crippen molar-refractivity contribution >= 4 is 0 Å². The molecule has 0 amide bonds. The molecule has 0 aliphatic rings. The van der Waals surface area contributed by atoms with Gasteiger partial charge in [0.25, 0.3) is 0 Å². The number of rotatable bonds is 1. The van der Waals surface area contributed by atoms with Gasteiger partial charge in [0.2, 0.25) is 0 Å². The van der Waals surface area contributed by atoms with Crippen LogP contribution in [-0.4, -0.2) is 5.11 Å². The van der Waals surface area contributed by atoms with Crippen LogP contribution in [0.25, 0.3) is 11.1 Å². The van der Waals surface area contributed by atoms with Crippen LogP contribution in [0.2, 0.25) is 0 Å². The summed E-state index contributed by atoms with van der Waals surface area (Å²) in [6, 6.07) is 11.0. The van der Waals surface area contributed by atoms with Gasteiger partial charge in [0.05, 0.1) is 5.56 Å². The summed E-state index contributed by atoms with van der Waals surface area (Å²) in [6.45, 7) is 0. The van der Waals surface area contributed by atoms with E-state index >= 15 is 0 Å². The minimum Gasteiger partial charge on any atom is -0.508 e. The van der Waals surface area contributed by atoms with E-state index in [4.69, 9.17) is 5.11 Å². The minimum absolute atomic E-state index is 0.0261. The molecule has 0 bridgehead atoms. The fourth-order valence-electron chi connectivity index (χ4n) is 1.62. The number of halogens is 3. The molecule has 0 aliphatic carbocycles. The summed E-state index contributed by atoms with van der Waals surface area (Å²) in [5.41, 5.74) is -0.138. The molecular formula is C13H9F3O. The molecule has 0 fully saturated rings. The minimum atomic E-state index is -4.38. The van der Waals surface area contributed by atoms with Gasteiger partial charge in [-0.15, -0.1) is 0 Å². The van der Waals surface area contributed by atoms with Crippen molar-refractivity contribution in [3.05, 3.63) is 54.1 Å². The van der Waals surface area contributed by atoms with E-state index in [1.165, 1.54) is 36.4 Å². The lowest BCUT2D eigenvalue weighted by molar-refractivity contribution is -0.137. The van der Waals surface area contributed by atoms with Crippen molar-refractivity contribution in [2.45, 2.75) is 6.18 Å². The van der Waals surface area contributed by atoms with E-state index in [0.717, 1.165) is 6.07 Å². The molecule has 0 heterocycles. The predicted molar refractivity (Wildman–Crippen MR) is 58.5 cm³/mol. The highest BCUT2D eigenvalue weighted by Gasteiger charge is 2.33. The monoisotopic (exact) mass is 238 g/mol. The van der Waals surface area contributed by atoms with Gasteiger partial charge < -0.3 is 5.11 Å². The number of hydrogen-bond donors (Lipinski definition) is 1. The number of benzene rings is 2. The Balaban J connectivity index is 2.56. The first kappa shape index (κ1) is 11.5. The molecule has 0 saturated heterocycles. The lowest BCUT2D eigenvalue weighted by atomic mass is 9.99. The van der Waals surface area contributed by atoms with E-state index in [1.807, 2.05) is 0 Å². The lowest BCUT2D eigenvalue weighted by Crippen LogP contribution is -2.06. The highest BCUT2D eigenvalue weighted by molar-refractivity contribution is 5.68. The van der Waals surface area contributed by atoms with Gasteiger partial charge in [0.1, 0.15) is 5.75 Å². The molecule has 4 heteroatoms. The largest absolute Gasteiger partial charge is 0.508 e. The van der Waals surface area contributed by atoms with Crippen molar-refractivity contribution in [1.82, 2.24) is 0 Å². The first-order chi connectivity index (χ1) is 7.98. The van der Waals surface area contributed by atoms with Gasteiger partial charge in [0, 0.05) is 0 Å². The summed E-state index contributed by atoms with van der Waals surface area (Å²) < 4.78 is 38.3. The Bertz CT molecular complexity index is 515. The smallest absolute Gasteiger partial charge is 0.417 e. The van der Waals surface area contributed by atoms with Crippen LogP contribution in [0.5, 0.6) is 5.75 Å². The second kappa shape index (κ2) is 4.13. The molecular weight excluding hydrogens is 229 g/mol. The quantitative estimate of drug-likeness (QED) is 0.793. The van der Waals surface area contributed by atoms with Gasteiger partial charge in [0.15, 0.2) is 0 Å². The van der Waals surface area contributed by atoms with Crippen molar-refractivity contribution in [3.8, 4) is 16.9 Å². The van der Waals surface area contributed by atoms with Crippen LogP contribution in [0.1, 0.15) is 5.56 Å². The molecule has 2 aromatic carbocycles. The average molecular weight is 238 g/mol. The summed E-state index contributed by atoms with van der Waals surface area (Å²) in [5, 5.41) is 9.11. The van der Waals surface area contributed by atoms with Gasteiger partial charge >= 0.3 is 6.18 Å². The predicted octanol–water partition coefficient (Wildman–Crippen LogP) is 4.08. The summed E-state index contributed by atoms with van der Waals surface area (Å²) in [4.78, 5) is 0. The zero-order valence-corrected chi connectivity index (χ0v) is 8.70. The Labute approximate surface area is 96.1 Å². The second-order valence-corrected chi connectivity index (χ2v) is 3.59. The Hall–Kier alpha value is -1.97. The number of alkyl halides is 3. The van der Waals surface area contributed by atoms with Crippen molar-refractivity contribution in [2.24, 2.45) is 0 Å². The summed E-state index contributed by atoms with van der Waals surface area (Å²) >= 11 is 0. The molecule has 0 aliphatic heterocycles. The zero-order valence-electron chi connectivity index (χ0n) is 8.70. The maximum Gasteiger partial charge on any atom is 0.417 e.